The Kier molecular flexibility index (Phi) is 6.01. The van der Waals surface area contributed by atoms with Crippen molar-refractivity contribution in [2.24, 2.45) is 0 Å². The number of carbonyl (C=O) groups is 3. The first-order chi connectivity index (χ1) is 9.38. The summed E-state index contributed by atoms with van der Waals surface area (Å²) in [5.74, 6) is -0.176. The maximum atomic E-state index is 12.1. The number of esters is 1. The molecular weight excluding hydrogens is 278 g/mol. The smallest absolute Gasteiger partial charge is 0.315 e. The van der Waals surface area contributed by atoms with Gasteiger partial charge in [-0.05, 0) is 33.3 Å². The van der Waals surface area contributed by atoms with Gasteiger partial charge in [-0.3, -0.25) is 14.4 Å². The minimum atomic E-state index is -0.325. The van der Waals surface area contributed by atoms with Crippen LogP contribution in [0.2, 0.25) is 0 Å². The van der Waals surface area contributed by atoms with Gasteiger partial charge in [-0.25, -0.2) is 0 Å². The van der Waals surface area contributed by atoms with Crippen LogP contribution in [0.1, 0.15) is 46.0 Å². The monoisotopic (exact) mass is 297 g/mol. The summed E-state index contributed by atoms with van der Waals surface area (Å²) in [5, 5.41) is 0. The highest BCUT2D eigenvalue weighted by Gasteiger charge is 2.19. The molecule has 110 valence electrons. The van der Waals surface area contributed by atoms with Gasteiger partial charge in [0.05, 0.1) is 23.8 Å². The van der Waals surface area contributed by atoms with Crippen LogP contribution in [-0.2, 0) is 9.53 Å². The molecule has 0 spiro atoms. The molecule has 5 nitrogen and oxygen atoms in total. The lowest BCUT2D eigenvalue weighted by Crippen LogP contribution is -2.11. The molecule has 0 aromatic carbocycles. The van der Waals surface area contributed by atoms with E-state index in [1.54, 1.807) is 20.8 Å². The number of nitrogens with one attached hydrogen (secondary N) is 1. The van der Waals surface area contributed by atoms with Crippen LogP contribution in [0, 0.1) is 13.8 Å². The minimum Gasteiger partial charge on any atom is -0.465 e. The Balaban J connectivity index is 2.67. The Labute approximate surface area is 122 Å². The number of aromatic amines is 1. The van der Waals surface area contributed by atoms with Gasteiger partial charge in [0.15, 0.2) is 11.6 Å². The summed E-state index contributed by atoms with van der Waals surface area (Å²) in [4.78, 5) is 37.7. The maximum absolute atomic E-state index is 12.1. The van der Waals surface area contributed by atoms with Crippen LogP contribution in [0.25, 0.3) is 0 Å². The lowest BCUT2D eigenvalue weighted by atomic mass is 10.1. The SMILES string of the molecule is CCOC(=O)CSCC(=O)c1[nH]c(C)c(C(C)=O)c1C. The van der Waals surface area contributed by atoms with Crippen LogP contribution in [0.15, 0.2) is 0 Å². The summed E-state index contributed by atoms with van der Waals surface area (Å²) >= 11 is 1.21. The Morgan fingerprint density at radius 3 is 2.35 bits per heavy atom. The molecule has 1 N–H and O–H groups in total. The van der Waals surface area contributed by atoms with Gasteiger partial charge in [0, 0.05) is 11.3 Å². The molecule has 0 aliphatic carbocycles. The lowest BCUT2D eigenvalue weighted by molar-refractivity contribution is -0.139. The zero-order valence-corrected chi connectivity index (χ0v) is 13.0. The van der Waals surface area contributed by atoms with Crippen LogP contribution in [0.3, 0.4) is 0 Å². The quantitative estimate of drug-likeness (QED) is 0.617. The standard InChI is InChI=1S/C14H19NO4S/c1-5-19-12(18)7-20-6-11(17)14-8(2)13(10(4)16)9(3)15-14/h15H,5-7H2,1-4H3. The second-order valence-corrected chi connectivity index (χ2v) is 5.39. The molecule has 0 aliphatic rings. The average Bonchev–Trinajstić information content (AvgIpc) is 2.65. The predicted molar refractivity (Wildman–Crippen MR) is 78.6 cm³/mol. The Morgan fingerprint density at radius 2 is 1.85 bits per heavy atom. The highest BCUT2D eigenvalue weighted by Crippen LogP contribution is 2.20. The van der Waals surface area contributed by atoms with Gasteiger partial charge in [-0.1, -0.05) is 0 Å². The summed E-state index contributed by atoms with van der Waals surface area (Å²) in [6, 6.07) is 0. The van der Waals surface area contributed by atoms with Crippen molar-refractivity contribution in [1.82, 2.24) is 4.98 Å². The number of hydrogen-bond donors (Lipinski definition) is 1. The zero-order valence-electron chi connectivity index (χ0n) is 12.2. The molecule has 0 unspecified atom stereocenters. The molecule has 0 saturated heterocycles. The van der Waals surface area contributed by atoms with E-state index in [2.05, 4.69) is 4.98 Å². The highest BCUT2D eigenvalue weighted by atomic mass is 32.2. The van der Waals surface area contributed by atoms with E-state index in [1.165, 1.54) is 18.7 Å². The first-order valence-corrected chi connectivity index (χ1v) is 7.50. The fraction of sp³-hybridized carbons (Fsp3) is 0.500. The third kappa shape index (κ3) is 3.96. The number of H-pyrrole nitrogens is 1. The Hall–Kier alpha value is -1.56. The number of ether oxygens (including phenoxy) is 1. The van der Waals surface area contributed by atoms with E-state index in [0.29, 0.717) is 29.1 Å². The topological polar surface area (TPSA) is 76.2 Å². The first-order valence-electron chi connectivity index (χ1n) is 6.35. The third-order valence-electron chi connectivity index (χ3n) is 2.83. The zero-order chi connectivity index (χ0) is 15.3. The van der Waals surface area contributed by atoms with E-state index in [0.717, 1.165) is 0 Å². The molecule has 0 aliphatic heterocycles. The molecule has 1 aromatic heterocycles. The molecule has 20 heavy (non-hydrogen) atoms. The van der Waals surface area contributed by atoms with Crippen molar-refractivity contribution >= 4 is 29.3 Å². The number of rotatable bonds is 7. The van der Waals surface area contributed by atoms with Crippen LogP contribution < -0.4 is 0 Å². The Morgan fingerprint density at radius 1 is 1.20 bits per heavy atom. The number of carbonyl (C=O) groups excluding carboxylic acids is 3. The van der Waals surface area contributed by atoms with Crippen LogP contribution in [-0.4, -0.2) is 40.6 Å². The molecular formula is C14H19NO4S. The minimum absolute atomic E-state index is 0.0607. The molecule has 0 saturated carbocycles. The van der Waals surface area contributed by atoms with Crippen molar-refractivity contribution in [3.8, 4) is 0 Å². The van der Waals surface area contributed by atoms with Crippen molar-refractivity contribution in [2.75, 3.05) is 18.1 Å². The average molecular weight is 297 g/mol. The highest BCUT2D eigenvalue weighted by molar-refractivity contribution is 8.00. The summed E-state index contributed by atoms with van der Waals surface area (Å²) in [5.41, 5.74) is 2.40. The first kappa shape index (κ1) is 16.5. The Bertz CT molecular complexity index is 534. The van der Waals surface area contributed by atoms with E-state index >= 15 is 0 Å². The molecule has 1 heterocycles. The molecule has 6 heteroatoms. The fourth-order valence-corrected chi connectivity index (χ4v) is 2.74. The van der Waals surface area contributed by atoms with Gasteiger partial charge < -0.3 is 9.72 Å². The number of aromatic nitrogens is 1. The van der Waals surface area contributed by atoms with Crippen molar-refractivity contribution in [3.05, 3.63) is 22.5 Å². The maximum Gasteiger partial charge on any atom is 0.315 e. The number of Topliss-reactive ketones (excluding diaryl/α,β-unsaturated/α-hetero) is 2. The van der Waals surface area contributed by atoms with Crippen LogP contribution in [0.5, 0.6) is 0 Å². The molecule has 0 atom stereocenters. The van der Waals surface area contributed by atoms with Crippen molar-refractivity contribution in [2.45, 2.75) is 27.7 Å². The van der Waals surface area contributed by atoms with Gasteiger partial charge in [0.1, 0.15) is 0 Å². The van der Waals surface area contributed by atoms with E-state index in [1.807, 2.05) is 0 Å². The molecule has 0 radical (unpaired) electrons. The second kappa shape index (κ2) is 7.28. The molecule has 1 rings (SSSR count). The van der Waals surface area contributed by atoms with Gasteiger partial charge >= 0.3 is 5.97 Å². The van der Waals surface area contributed by atoms with Crippen molar-refractivity contribution in [1.29, 1.82) is 0 Å². The van der Waals surface area contributed by atoms with E-state index in [9.17, 15) is 14.4 Å². The summed E-state index contributed by atoms with van der Waals surface area (Å²) in [6.45, 7) is 7.08. The van der Waals surface area contributed by atoms with Crippen LogP contribution >= 0.6 is 11.8 Å². The molecule has 0 amide bonds. The summed E-state index contributed by atoms with van der Waals surface area (Å²) in [6.07, 6.45) is 0. The number of ketones is 2. The van der Waals surface area contributed by atoms with Crippen LogP contribution in [0.4, 0.5) is 0 Å². The summed E-state index contributed by atoms with van der Waals surface area (Å²) < 4.78 is 4.78. The van der Waals surface area contributed by atoms with Gasteiger partial charge in [0.2, 0.25) is 0 Å². The normalized spacial score (nSPS) is 10.4. The van der Waals surface area contributed by atoms with Gasteiger partial charge in [-0.2, -0.15) is 0 Å². The van der Waals surface area contributed by atoms with Crippen molar-refractivity contribution in [3.63, 3.8) is 0 Å². The van der Waals surface area contributed by atoms with E-state index in [4.69, 9.17) is 4.74 Å². The van der Waals surface area contributed by atoms with Crippen molar-refractivity contribution < 1.29 is 19.1 Å². The number of aryl methyl sites for hydroxylation is 1. The summed E-state index contributed by atoms with van der Waals surface area (Å²) in [7, 11) is 0. The van der Waals surface area contributed by atoms with E-state index in [-0.39, 0.29) is 29.0 Å². The molecule has 0 bridgehead atoms. The van der Waals surface area contributed by atoms with Gasteiger partial charge in [0.25, 0.3) is 0 Å². The number of thioether (sulfide) groups is 1. The second-order valence-electron chi connectivity index (χ2n) is 4.40. The fourth-order valence-electron chi connectivity index (χ4n) is 2.06. The third-order valence-corrected chi connectivity index (χ3v) is 3.73. The molecule has 1 aromatic rings. The molecule has 0 fully saturated rings. The van der Waals surface area contributed by atoms with E-state index < -0.39 is 0 Å². The predicted octanol–water partition coefficient (Wildman–Crippen LogP) is 2.31. The largest absolute Gasteiger partial charge is 0.465 e. The lowest BCUT2D eigenvalue weighted by Gasteiger charge is -2.02. The number of hydrogen-bond acceptors (Lipinski definition) is 5. The van der Waals surface area contributed by atoms with Gasteiger partial charge in [-0.15, -0.1) is 11.8 Å².